The first kappa shape index (κ1) is 13.5. The Hall–Kier alpha value is -2.96. The normalized spacial score (nSPS) is 10.0. The Bertz CT molecular complexity index is 622. The number of carboxylic acid groups (broad SMARTS) is 1. The summed E-state index contributed by atoms with van der Waals surface area (Å²) in [7, 11) is 0. The number of carbonyl (C=O) groups is 1. The van der Waals surface area contributed by atoms with E-state index in [1.165, 1.54) is 12.1 Å². The van der Waals surface area contributed by atoms with E-state index in [0.717, 1.165) is 6.20 Å². The number of aliphatic carboxylic acids is 1. The lowest BCUT2D eigenvalue weighted by Gasteiger charge is -2.05. The molecule has 0 saturated heterocycles. The van der Waals surface area contributed by atoms with Gasteiger partial charge < -0.3 is 9.84 Å². The highest BCUT2D eigenvalue weighted by atomic mass is 16.6. The number of rotatable bonds is 5. The first-order valence-corrected chi connectivity index (χ1v) is 5.63. The van der Waals surface area contributed by atoms with E-state index in [9.17, 15) is 14.9 Å². The molecule has 0 aliphatic rings. The standard InChI is InChI=1S/C13H10N2O5/c16-13(17)7-9-1-4-11(5-2-9)20-12-6-3-10(8-14-12)15(18)19/h1-6,8H,7H2,(H,16,17). The van der Waals surface area contributed by atoms with Crippen molar-refractivity contribution in [3.05, 3.63) is 58.3 Å². The summed E-state index contributed by atoms with van der Waals surface area (Å²) in [5, 5.41) is 19.1. The van der Waals surface area contributed by atoms with E-state index in [4.69, 9.17) is 9.84 Å². The Labute approximate surface area is 113 Å². The molecule has 0 aliphatic carbocycles. The highest BCUT2D eigenvalue weighted by molar-refractivity contribution is 5.70. The van der Waals surface area contributed by atoms with Gasteiger partial charge in [0.25, 0.3) is 5.69 Å². The smallest absolute Gasteiger partial charge is 0.307 e. The second-order valence-corrected chi connectivity index (χ2v) is 3.93. The van der Waals surface area contributed by atoms with Crippen molar-refractivity contribution in [2.75, 3.05) is 0 Å². The maximum atomic E-state index is 10.5. The van der Waals surface area contributed by atoms with Gasteiger partial charge in [0, 0.05) is 12.1 Å². The summed E-state index contributed by atoms with van der Waals surface area (Å²) in [6.07, 6.45) is 1.05. The van der Waals surface area contributed by atoms with Gasteiger partial charge >= 0.3 is 5.97 Å². The molecule has 1 aromatic carbocycles. The van der Waals surface area contributed by atoms with Crippen LogP contribution in [0, 0.1) is 10.1 Å². The first-order chi connectivity index (χ1) is 9.54. The van der Waals surface area contributed by atoms with Crippen molar-refractivity contribution in [3.63, 3.8) is 0 Å². The number of nitro groups is 1. The van der Waals surface area contributed by atoms with E-state index in [0.29, 0.717) is 11.3 Å². The zero-order chi connectivity index (χ0) is 14.5. The van der Waals surface area contributed by atoms with E-state index < -0.39 is 10.9 Å². The number of hydrogen-bond acceptors (Lipinski definition) is 5. The lowest BCUT2D eigenvalue weighted by molar-refractivity contribution is -0.385. The van der Waals surface area contributed by atoms with Crippen LogP contribution in [0.4, 0.5) is 5.69 Å². The lowest BCUT2D eigenvalue weighted by atomic mass is 10.1. The number of nitrogens with zero attached hydrogens (tertiary/aromatic N) is 2. The van der Waals surface area contributed by atoms with Gasteiger partial charge in [0.1, 0.15) is 11.9 Å². The fourth-order valence-corrected chi connectivity index (χ4v) is 1.51. The monoisotopic (exact) mass is 274 g/mol. The van der Waals surface area contributed by atoms with E-state index in [1.807, 2.05) is 0 Å². The summed E-state index contributed by atoms with van der Waals surface area (Å²) in [4.78, 5) is 24.3. The third-order valence-electron chi connectivity index (χ3n) is 2.43. The van der Waals surface area contributed by atoms with Gasteiger partial charge in [-0.3, -0.25) is 14.9 Å². The van der Waals surface area contributed by atoms with Gasteiger partial charge in [-0.05, 0) is 17.7 Å². The number of benzene rings is 1. The van der Waals surface area contributed by atoms with Crippen LogP contribution in [0.15, 0.2) is 42.6 Å². The number of pyridine rings is 1. The Kier molecular flexibility index (Phi) is 3.90. The minimum Gasteiger partial charge on any atom is -0.481 e. The zero-order valence-corrected chi connectivity index (χ0v) is 10.2. The van der Waals surface area contributed by atoms with Crippen molar-refractivity contribution in [3.8, 4) is 11.6 Å². The average molecular weight is 274 g/mol. The molecule has 102 valence electrons. The molecule has 2 aromatic rings. The van der Waals surface area contributed by atoms with Crippen molar-refractivity contribution < 1.29 is 19.6 Å². The van der Waals surface area contributed by atoms with Crippen LogP contribution in [0.2, 0.25) is 0 Å². The molecule has 1 N–H and O–H groups in total. The van der Waals surface area contributed by atoms with E-state index in [2.05, 4.69) is 4.98 Å². The third kappa shape index (κ3) is 3.52. The minimum absolute atomic E-state index is 0.0595. The van der Waals surface area contributed by atoms with Gasteiger partial charge in [-0.1, -0.05) is 12.1 Å². The van der Waals surface area contributed by atoms with E-state index in [1.54, 1.807) is 24.3 Å². The quantitative estimate of drug-likeness (QED) is 0.663. The molecule has 0 fully saturated rings. The summed E-state index contributed by atoms with van der Waals surface area (Å²) in [5.41, 5.74) is 0.538. The number of ether oxygens (including phenoxy) is 1. The highest BCUT2D eigenvalue weighted by Crippen LogP contribution is 2.21. The summed E-state index contributed by atoms with van der Waals surface area (Å²) in [5.74, 6) is -0.210. The van der Waals surface area contributed by atoms with Crippen LogP contribution in [0.1, 0.15) is 5.56 Å². The maximum Gasteiger partial charge on any atom is 0.307 e. The van der Waals surface area contributed by atoms with Crippen LogP contribution in [0.25, 0.3) is 0 Å². The van der Waals surface area contributed by atoms with Gasteiger partial charge in [0.2, 0.25) is 5.88 Å². The average Bonchev–Trinajstić information content (AvgIpc) is 2.41. The molecule has 1 aromatic heterocycles. The second-order valence-electron chi connectivity index (χ2n) is 3.93. The summed E-state index contributed by atoms with van der Waals surface area (Å²) in [6, 6.07) is 9.18. The van der Waals surface area contributed by atoms with Crippen molar-refractivity contribution >= 4 is 11.7 Å². The Balaban J connectivity index is 2.06. The second kappa shape index (κ2) is 5.79. The topological polar surface area (TPSA) is 103 Å². The van der Waals surface area contributed by atoms with Gasteiger partial charge in [0.15, 0.2) is 0 Å². The van der Waals surface area contributed by atoms with E-state index in [-0.39, 0.29) is 18.0 Å². The molecule has 20 heavy (non-hydrogen) atoms. The van der Waals surface area contributed by atoms with Crippen LogP contribution < -0.4 is 4.74 Å². The molecule has 0 radical (unpaired) electrons. The predicted molar refractivity (Wildman–Crippen MR) is 68.7 cm³/mol. The molecule has 0 amide bonds. The lowest BCUT2D eigenvalue weighted by Crippen LogP contribution is -1.99. The summed E-state index contributed by atoms with van der Waals surface area (Å²) in [6.45, 7) is 0. The number of hydrogen-bond donors (Lipinski definition) is 1. The number of carboxylic acids is 1. The number of aromatic nitrogens is 1. The van der Waals surface area contributed by atoms with Crippen LogP contribution in [-0.4, -0.2) is 21.0 Å². The molecule has 0 bridgehead atoms. The molecule has 7 nitrogen and oxygen atoms in total. The van der Waals surface area contributed by atoms with Crippen LogP contribution in [0.5, 0.6) is 11.6 Å². The van der Waals surface area contributed by atoms with Gasteiger partial charge in [0.05, 0.1) is 11.3 Å². The maximum absolute atomic E-state index is 10.5. The molecular weight excluding hydrogens is 264 g/mol. The molecule has 0 aliphatic heterocycles. The molecule has 7 heteroatoms. The summed E-state index contributed by atoms with van der Waals surface area (Å²) < 4.78 is 5.39. The van der Waals surface area contributed by atoms with Crippen molar-refractivity contribution in [2.45, 2.75) is 6.42 Å². The van der Waals surface area contributed by atoms with Gasteiger partial charge in [-0.15, -0.1) is 0 Å². The van der Waals surface area contributed by atoms with Gasteiger partial charge in [-0.2, -0.15) is 0 Å². The Morgan fingerprint density at radius 3 is 2.45 bits per heavy atom. The highest BCUT2D eigenvalue weighted by Gasteiger charge is 2.07. The Morgan fingerprint density at radius 1 is 1.25 bits per heavy atom. The zero-order valence-electron chi connectivity index (χ0n) is 10.2. The predicted octanol–water partition coefficient (Wildman–Crippen LogP) is 2.41. The molecular formula is C13H10N2O5. The van der Waals surface area contributed by atoms with Crippen molar-refractivity contribution in [1.29, 1.82) is 0 Å². The van der Waals surface area contributed by atoms with Gasteiger partial charge in [-0.25, -0.2) is 4.98 Å². The third-order valence-corrected chi connectivity index (χ3v) is 2.43. The first-order valence-electron chi connectivity index (χ1n) is 5.63. The molecule has 0 unspecified atom stereocenters. The fourth-order valence-electron chi connectivity index (χ4n) is 1.51. The van der Waals surface area contributed by atoms with Crippen LogP contribution >= 0.6 is 0 Å². The fraction of sp³-hybridized carbons (Fsp3) is 0.0769. The van der Waals surface area contributed by atoms with Crippen LogP contribution in [0.3, 0.4) is 0 Å². The molecule has 1 heterocycles. The van der Waals surface area contributed by atoms with Crippen LogP contribution in [-0.2, 0) is 11.2 Å². The van der Waals surface area contributed by atoms with E-state index >= 15 is 0 Å². The SMILES string of the molecule is O=C(O)Cc1ccc(Oc2ccc([N+](=O)[O-])cn2)cc1. The molecule has 0 atom stereocenters. The molecule has 0 spiro atoms. The summed E-state index contributed by atoms with van der Waals surface area (Å²) >= 11 is 0. The largest absolute Gasteiger partial charge is 0.481 e. The van der Waals surface area contributed by atoms with Crippen molar-refractivity contribution in [1.82, 2.24) is 4.98 Å². The molecule has 0 saturated carbocycles. The molecule has 2 rings (SSSR count). The van der Waals surface area contributed by atoms with Crippen molar-refractivity contribution in [2.24, 2.45) is 0 Å². The minimum atomic E-state index is -0.907. The Morgan fingerprint density at radius 2 is 1.95 bits per heavy atom.